The summed E-state index contributed by atoms with van der Waals surface area (Å²) < 4.78 is 41.8. The molecular formula is C13H13F3N4O. The van der Waals surface area contributed by atoms with Crippen LogP contribution in [0.2, 0.25) is 0 Å². The second-order valence-corrected chi connectivity index (χ2v) is 4.25. The first-order valence-electron chi connectivity index (χ1n) is 6.01. The van der Waals surface area contributed by atoms with Gasteiger partial charge in [-0.2, -0.15) is 8.78 Å². The molecule has 0 fully saturated rings. The number of rotatable bonds is 5. The van der Waals surface area contributed by atoms with Crippen LogP contribution in [0.25, 0.3) is 0 Å². The summed E-state index contributed by atoms with van der Waals surface area (Å²) in [5.74, 6) is -1.52. The van der Waals surface area contributed by atoms with Gasteiger partial charge in [0.2, 0.25) is 0 Å². The third-order valence-electron chi connectivity index (χ3n) is 2.61. The molecule has 0 radical (unpaired) electrons. The maximum atomic E-state index is 13.4. The highest BCUT2D eigenvalue weighted by molar-refractivity contribution is 5.68. The third kappa shape index (κ3) is 3.98. The zero-order valence-electron chi connectivity index (χ0n) is 11.1. The van der Waals surface area contributed by atoms with Crippen LogP contribution in [0.5, 0.6) is 5.75 Å². The molecule has 0 saturated carbocycles. The monoisotopic (exact) mass is 298 g/mol. The first kappa shape index (κ1) is 14.9. The second-order valence-electron chi connectivity index (χ2n) is 4.25. The molecule has 0 amide bonds. The smallest absolute Gasteiger partial charge is 0.387 e. The zero-order chi connectivity index (χ0) is 15.4. The molecule has 2 rings (SSSR count). The van der Waals surface area contributed by atoms with Crippen molar-refractivity contribution in [1.82, 2.24) is 9.97 Å². The van der Waals surface area contributed by atoms with Gasteiger partial charge in [0.25, 0.3) is 0 Å². The van der Waals surface area contributed by atoms with Crippen molar-refractivity contribution < 1.29 is 17.9 Å². The molecule has 1 aromatic heterocycles. The van der Waals surface area contributed by atoms with Crippen molar-refractivity contribution in [1.29, 1.82) is 0 Å². The van der Waals surface area contributed by atoms with E-state index >= 15 is 0 Å². The summed E-state index contributed by atoms with van der Waals surface area (Å²) in [5.41, 5.74) is 7.37. The molecule has 0 aliphatic heterocycles. The molecule has 21 heavy (non-hydrogen) atoms. The number of nitrogens with two attached hydrogens (primary N) is 1. The number of nitrogens with zero attached hydrogens (tertiary/aromatic N) is 2. The van der Waals surface area contributed by atoms with E-state index in [1.807, 2.05) is 0 Å². The molecule has 0 aliphatic carbocycles. The van der Waals surface area contributed by atoms with Crippen LogP contribution in [-0.4, -0.2) is 16.6 Å². The molecule has 3 N–H and O–H groups in total. The van der Waals surface area contributed by atoms with E-state index in [-0.39, 0.29) is 17.9 Å². The lowest BCUT2D eigenvalue weighted by atomic mass is 10.2. The van der Waals surface area contributed by atoms with Crippen molar-refractivity contribution in [3.8, 4) is 5.75 Å². The Kier molecular flexibility index (Phi) is 4.46. The summed E-state index contributed by atoms with van der Waals surface area (Å²) in [6, 6.07) is 2.00. The predicted molar refractivity (Wildman–Crippen MR) is 71.5 cm³/mol. The fraction of sp³-hybridized carbons (Fsp3) is 0.231. The Morgan fingerprint density at radius 2 is 2.05 bits per heavy atom. The minimum absolute atomic E-state index is 0.0780. The normalized spacial score (nSPS) is 10.7. The van der Waals surface area contributed by atoms with Gasteiger partial charge in [0.1, 0.15) is 0 Å². The van der Waals surface area contributed by atoms with Gasteiger partial charge in [-0.3, -0.25) is 9.97 Å². The molecule has 2 aromatic rings. The Morgan fingerprint density at radius 1 is 1.29 bits per heavy atom. The molecule has 0 aliphatic rings. The summed E-state index contributed by atoms with van der Waals surface area (Å²) in [6.07, 6.45) is 3.16. The molecule has 0 saturated heterocycles. The van der Waals surface area contributed by atoms with Crippen LogP contribution in [0.15, 0.2) is 24.5 Å². The lowest BCUT2D eigenvalue weighted by molar-refractivity contribution is -0.0521. The fourth-order valence-corrected chi connectivity index (χ4v) is 1.60. The lowest BCUT2D eigenvalue weighted by Gasteiger charge is -2.12. The SMILES string of the molecule is Cc1cnc(CNc2cc(OC(F)F)c(F)cc2N)cn1. The van der Waals surface area contributed by atoms with Gasteiger partial charge < -0.3 is 15.8 Å². The molecule has 0 unspecified atom stereocenters. The topological polar surface area (TPSA) is 73.1 Å². The number of nitrogens with one attached hydrogen (secondary N) is 1. The Morgan fingerprint density at radius 3 is 2.67 bits per heavy atom. The van der Waals surface area contributed by atoms with Gasteiger partial charge in [0.15, 0.2) is 11.6 Å². The summed E-state index contributed by atoms with van der Waals surface area (Å²) in [5, 5.41) is 2.87. The Hall–Kier alpha value is -2.51. The number of nitrogen functional groups attached to an aromatic ring is 1. The van der Waals surface area contributed by atoms with Crippen molar-refractivity contribution in [2.24, 2.45) is 0 Å². The summed E-state index contributed by atoms with van der Waals surface area (Å²) in [4.78, 5) is 8.19. The van der Waals surface area contributed by atoms with Gasteiger partial charge >= 0.3 is 6.61 Å². The van der Waals surface area contributed by atoms with Crippen LogP contribution < -0.4 is 15.8 Å². The van der Waals surface area contributed by atoms with Crippen LogP contribution in [0.1, 0.15) is 11.4 Å². The maximum absolute atomic E-state index is 13.4. The van der Waals surface area contributed by atoms with Gasteiger partial charge in [-0.1, -0.05) is 0 Å². The molecule has 1 aromatic carbocycles. The van der Waals surface area contributed by atoms with Crippen LogP contribution in [0.4, 0.5) is 24.5 Å². The van der Waals surface area contributed by atoms with Crippen LogP contribution in [-0.2, 0) is 6.54 Å². The number of halogens is 3. The Balaban J connectivity index is 2.13. The second kappa shape index (κ2) is 6.29. The van der Waals surface area contributed by atoms with E-state index in [1.165, 1.54) is 0 Å². The largest absolute Gasteiger partial charge is 0.432 e. The average molecular weight is 298 g/mol. The van der Waals surface area contributed by atoms with E-state index in [9.17, 15) is 13.2 Å². The summed E-state index contributed by atoms with van der Waals surface area (Å²) in [6.45, 7) is -1.05. The highest BCUT2D eigenvalue weighted by Crippen LogP contribution is 2.29. The molecule has 5 nitrogen and oxygen atoms in total. The number of aryl methyl sites for hydroxylation is 1. The van der Waals surface area contributed by atoms with Crippen molar-refractivity contribution in [3.63, 3.8) is 0 Å². The van der Waals surface area contributed by atoms with Gasteiger partial charge in [-0.05, 0) is 6.92 Å². The van der Waals surface area contributed by atoms with E-state index in [0.717, 1.165) is 17.8 Å². The number of anilines is 2. The Bertz CT molecular complexity index is 620. The van der Waals surface area contributed by atoms with E-state index in [4.69, 9.17) is 5.73 Å². The minimum atomic E-state index is -3.11. The van der Waals surface area contributed by atoms with E-state index in [1.54, 1.807) is 19.3 Å². The summed E-state index contributed by atoms with van der Waals surface area (Å²) in [7, 11) is 0. The molecule has 0 spiro atoms. The fourth-order valence-electron chi connectivity index (χ4n) is 1.60. The van der Waals surface area contributed by atoms with Gasteiger partial charge in [-0.15, -0.1) is 0 Å². The molecular weight excluding hydrogens is 285 g/mol. The Labute approximate surface area is 119 Å². The van der Waals surface area contributed by atoms with Crippen LogP contribution >= 0.6 is 0 Å². The standard InChI is InChI=1S/C13H13F3N4O/c1-7-4-19-8(5-18-7)6-20-11-3-12(21-13(15)16)9(14)2-10(11)17/h2-5,13,20H,6,17H2,1H3. The van der Waals surface area contributed by atoms with Crippen LogP contribution in [0.3, 0.4) is 0 Å². The quantitative estimate of drug-likeness (QED) is 0.830. The van der Waals surface area contributed by atoms with Crippen molar-refractivity contribution in [2.75, 3.05) is 11.1 Å². The number of ether oxygens (including phenoxy) is 1. The molecule has 1 heterocycles. The minimum Gasteiger partial charge on any atom is -0.432 e. The first-order chi connectivity index (χ1) is 9.95. The number of alkyl halides is 2. The van der Waals surface area contributed by atoms with E-state index in [0.29, 0.717) is 5.69 Å². The van der Waals surface area contributed by atoms with Gasteiger partial charge in [-0.25, -0.2) is 4.39 Å². The lowest BCUT2D eigenvalue weighted by Crippen LogP contribution is -2.08. The average Bonchev–Trinajstić information content (AvgIpc) is 2.42. The number of benzene rings is 1. The zero-order valence-corrected chi connectivity index (χ0v) is 11.1. The van der Waals surface area contributed by atoms with Crippen molar-refractivity contribution in [2.45, 2.75) is 20.1 Å². The molecule has 112 valence electrons. The third-order valence-corrected chi connectivity index (χ3v) is 2.61. The summed E-state index contributed by atoms with van der Waals surface area (Å²) >= 11 is 0. The van der Waals surface area contributed by atoms with Gasteiger partial charge in [0, 0.05) is 18.3 Å². The highest BCUT2D eigenvalue weighted by atomic mass is 19.3. The number of aromatic nitrogens is 2. The molecule has 0 bridgehead atoms. The predicted octanol–water partition coefficient (Wildman–Crippen LogP) is 2.72. The highest BCUT2D eigenvalue weighted by Gasteiger charge is 2.13. The van der Waals surface area contributed by atoms with E-state index < -0.39 is 18.2 Å². The number of hydrogen-bond donors (Lipinski definition) is 2. The molecule has 8 heteroatoms. The van der Waals surface area contributed by atoms with Crippen molar-refractivity contribution in [3.05, 3.63) is 41.7 Å². The van der Waals surface area contributed by atoms with Crippen LogP contribution in [0, 0.1) is 12.7 Å². The van der Waals surface area contributed by atoms with Gasteiger partial charge in [0.05, 0.1) is 35.5 Å². The number of hydrogen-bond acceptors (Lipinski definition) is 5. The first-order valence-corrected chi connectivity index (χ1v) is 6.01. The van der Waals surface area contributed by atoms with Crippen molar-refractivity contribution >= 4 is 11.4 Å². The van der Waals surface area contributed by atoms with E-state index in [2.05, 4.69) is 20.0 Å². The maximum Gasteiger partial charge on any atom is 0.387 e. The molecule has 0 atom stereocenters.